The van der Waals surface area contributed by atoms with E-state index in [-0.39, 0.29) is 1.43 Å². The number of alkyl halides is 2. The number of rotatable bonds is 1. The van der Waals surface area contributed by atoms with Crippen molar-refractivity contribution in [1.29, 1.82) is 0 Å². The van der Waals surface area contributed by atoms with E-state index >= 15 is 0 Å². The second-order valence-corrected chi connectivity index (χ2v) is 8.00. The summed E-state index contributed by atoms with van der Waals surface area (Å²) in [6, 6.07) is 0. The maximum absolute atomic E-state index is 8.30. The molecule has 4 heteroatoms. The van der Waals surface area contributed by atoms with Crippen LogP contribution in [0.3, 0.4) is 0 Å². The molecule has 2 nitrogen and oxygen atoms in total. The Morgan fingerprint density at radius 2 is 1.88 bits per heavy atom. The van der Waals surface area contributed by atoms with E-state index in [0.717, 1.165) is 0 Å². The first-order chi connectivity index (χ1) is 3.42. The summed E-state index contributed by atoms with van der Waals surface area (Å²) in [5.41, 5.74) is 0. The van der Waals surface area contributed by atoms with Gasteiger partial charge in [-0.2, -0.15) is 0 Å². The molecule has 0 unspecified atom stereocenters. The normalized spacial score (nSPS) is 10.9. The first-order valence-corrected chi connectivity index (χ1v) is 4.06. The van der Waals surface area contributed by atoms with E-state index in [1.54, 1.807) is 0 Å². The molecule has 0 heterocycles. The molecule has 0 rings (SSSR count). The number of allylic oxidation sites excluding steroid dienone is 1. The van der Waals surface area contributed by atoms with Gasteiger partial charge in [0.05, 0.1) is 1.43 Å². The van der Waals surface area contributed by atoms with Gasteiger partial charge in [0, 0.05) is 6.08 Å². The van der Waals surface area contributed by atoms with Crippen molar-refractivity contribution < 1.29 is 10.2 Å². The van der Waals surface area contributed by atoms with Crippen molar-refractivity contribution in [3.63, 3.8) is 0 Å². The predicted molar refractivity (Wildman–Crippen MR) is 49.8 cm³/mol. The molecule has 0 saturated heterocycles. The Morgan fingerprint density at radius 3 is 1.88 bits per heavy atom. The predicted octanol–water partition coefficient (Wildman–Crippen LogP) is 2.53. The van der Waals surface area contributed by atoms with Gasteiger partial charge in [-0.1, -0.05) is 45.2 Å². The fourth-order valence-electron chi connectivity index (χ4n) is 0.227. The van der Waals surface area contributed by atoms with Gasteiger partial charge in [0.25, 0.3) is 5.95 Å². The van der Waals surface area contributed by atoms with Crippen LogP contribution in [0.5, 0.6) is 0 Å². The smallest absolute Gasteiger partial charge is 0.272 e. The Labute approximate surface area is 75.3 Å². The monoisotopic (exact) mass is 340 g/mol. The van der Waals surface area contributed by atoms with Gasteiger partial charge in [-0.25, -0.2) is 0 Å². The zero-order valence-electron chi connectivity index (χ0n) is 4.23. The standard InChI is InChI=1S/C4H6I2O2/c1-4(5,6)2-3(7)8/h2,7-8H,1H3. The molecule has 0 bridgehead atoms. The van der Waals surface area contributed by atoms with E-state index in [2.05, 4.69) is 45.2 Å². The topological polar surface area (TPSA) is 40.5 Å². The minimum atomic E-state index is -0.615. The average molecular weight is 340 g/mol. The van der Waals surface area contributed by atoms with Crippen molar-refractivity contribution in [2.75, 3.05) is 0 Å². The number of hydrogen-bond acceptors (Lipinski definition) is 2. The molecule has 0 aromatic rings. The van der Waals surface area contributed by atoms with Gasteiger partial charge in [-0.3, -0.25) is 0 Å². The van der Waals surface area contributed by atoms with Crippen LogP contribution in [0.4, 0.5) is 0 Å². The Morgan fingerprint density at radius 1 is 1.50 bits per heavy atom. The number of hydrogen-bond donors (Lipinski definition) is 2. The molecule has 0 aromatic carbocycles. The van der Waals surface area contributed by atoms with Crippen molar-refractivity contribution in [2.45, 2.75) is 8.35 Å². The van der Waals surface area contributed by atoms with Gasteiger partial charge in [0.15, 0.2) is 0 Å². The highest BCUT2D eigenvalue weighted by Gasteiger charge is 2.11. The van der Waals surface area contributed by atoms with E-state index in [1.165, 1.54) is 6.08 Å². The van der Waals surface area contributed by atoms with Gasteiger partial charge < -0.3 is 10.2 Å². The first kappa shape index (κ1) is 8.80. The number of halogens is 2. The molecule has 0 radical (unpaired) electrons. The van der Waals surface area contributed by atoms with Gasteiger partial charge >= 0.3 is 0 Å². The minimum absolute atomic E-state index is 0.200. The summed E-state index contributed by atoms with van der Waals surface area (Å²) in [4.78, 5) is 0. The third-order valence-electron chi connectivity index (χ3n) is 0.383. The quantitative estimate of drug-likeness (QED) is 0.438. The highest BCUT2D eigenvalue weighted by atomic mass is 127. The minimum Gasteiger partial charge on any atom is -0.481 e. The summed E-state index contributed by atoms with van der Waals surface area (Å²) in [6.07, 6.45) is 1.36. The lowest BCUT2D eigenvalue weighted by molar-refractivity contribution is 0.189. The third kappa shape index (κ3) is 6.80. The Kier molecular flexibility index (Phi) is 3.40. The summed E-state index contributed by atoms with van der Waals surface area (Å²) in [5.74, 6) is -0.615. The number of aliphatic hydroxyl groups is 2. The molecule has 0 atom stereocenters. The van der Waals surface area contributed by atoms with Crippen LogP contribution in [0.15, 0.2) is 12.0 Å². The Balaban J connectivity index is 3.89. The molecule has 0 aliphatic heterocycles. The van der Waals surface area contributed by atoms with Crippen molar-refractivity contribution in [1.82, 2.24) is 0 Å². The van der Waals surface area contributed by atoms with Crippen LogP contribution in [-0.2, 0) is 0 Å². The molecular weight excluding hydrogens is 334 g/mol. The second kappa shape index (κ2) is 3.09. The molecule has 0 fully saturated rings. The highest BCUT2D eigenvalue weighted by Crippen LogP contribution is 2.28. The van der Waals surface area contributed by atoms with Crippen molar-refractivity contribution in [3.05, 3.63) is 12.0 Å². The lowest BCUT2D eigenvalue weighted by Gasteiger charge is -2.04. The molecule has 0 aromatic heterocycles. The van der Waals surface area contributed by atoms with Crippen LogP contribution < -0.4 is 0 Å². The van der Waals surface area contributed by atoms with Crippen molar-refractivity contribution in [2.24, 2.45) is 0 Å². The van der Waals surface area contributed by atoms with Gasteiger partial charge in [0.2, 0.25) is 0 Å². The molecule has 2 N–H and O–H groups in total. The summed E-state index contributed by atoms with van der Waals surface area (Å²) in [7, 11) is 0. The largest absolute Gasteiger partial charge is 0.481 e. The third-order valence-corrected chi connectivity index (χ3v) is 1.01. The maximum atomic E-state index is 8.30. The van der Waals surface area contributed by atoms with Crippen LogP contribution in [0.2, 0.25) is 0 Å². The van der Waals surface area contributed by atoms with E-state index in [9.17, 15) is 0 Å². The molecule has 0 amide bonds. The van der Waals surface area contributed by atoms with Crippen LogP contribution in [0.1, 0.15) is 6.92 Å². The molecule has 0 aliphatic rings. The van der Waals surface area contributed by atoms with E-state index in [4.69, 9.17) is 10.2 Å². The Bertz CT molecular complexity index is 99.1. The molecule has 8 heavy (non-hydrogen) atoms. The van der Waals surface area contributed by atoms with E-state index in [1.807, 2.05) is 6.92 Å². The van der Waals surface area contributed by atoms with Gasteiger partial charge in [0.1, 0.15) is 0 Å². The molecule has 48 valence electrons. The van der Waals surface area contributed by atoms with Crippen molar-refractivity contribution >= 4 is 45.2 Å². The number of aliphatic hydroxyl groups excluding tert-OH is 1. The Hall–Kier alpha value is 0.800. The molecular formula is C4H6I2O2. The fourth-order valence-corrected chi connectivity index (χ4v) is 0.784. The molecule has 0 aliphatic carbocycles. The molecule has 0 spiro atoms. The summed E-state index contributed by atoms with van der Waals surface area (Å²) < 4.78 is -0.200. The lowest BCUT2D eigenvalue weighted by Crippen LogP contribution is -1.99. The second-order valence-electron chi connectivity index (χ2n) is 1.46. The first-order valence-electron chi connectivity index (χ1n) is 1.90. The summed E-state index contributed by atoms with van der Waals surface area (Å²) >= 11 is 4.16. The summed E-state index contributed by atoms with van der Waals surface area (Å²) in [6.45, 7) is 1.86. The lowest BCUT2D eigenvalue weighted by atomic mass is 10.5. The van der Waals surface area contributed by atoms with Crippen molar-refractivity contribution in [3.8, 4) is 0 Å². The summed E-state index contributed by atoms with van der Waals surface area (Å²) in [5, 5.41) is 16.6. The van der Waals surface area contributed by atoms with E-state index in [0.29, 0.717) is 0 Å². The van der Waals surface area contributed by atoms with Gasteiger partial charge in [-0.15, -0.1) is 0 Å². The van der Waals surface area contributed by atoms with Crippen LogP contribution in [0.25, 0.3) is 0 Å². The zero-order chi connectivity index (χ0) is 6.78. The average Bonchev–Trinajstić information content (AvgIpc) is 1.21. The molecule has 0 saturated carbocycles. The van der Waals surface area contributed by atoms with Crippen LogP contribution in [-0.4, -0.2) is 11.6 Å². The SMILES string of the molecule is CC(I)(I)C=C(O)O. The van der Waals surface area contributed by atoms with E-state index < -0.39 is 5.95 Å². The maximum Gasteiger partial charge on any atom is 0.272 e. The fraction of sp³-hybridized carbons (Fsp3) is 0.500. The highest BCUT2D eigenvalue weighted by molar-refractivity contribution is 14.2. The van der Waals surface area contributed by atoms with Crippen LogP contribution in [0, 0.1) is 0 Å². The van der Waals surface area contributed by atoms with Gasteiger partial charge in [-0.05, 0) is 6.92 Å². The zero-order valence-corrected chi connectivity index (χ0v) is 8.54. The van der Waals surface area contributed by atoms with Crippen LogP contribution >= 0.6 is 45.2 Å².